The molecule has 0 saturated heterocycles. The maximum absolute atomic E-state index is 11.1. The molecule has 0 N–H and O–H groups in total. The highest BCUT2D eigenvalue weighted by Gasteiger charge is 2.14. The largest absolute Gasteiger partial charge is 0.494 e. The zero-order valence-electron chi connectivity index (χ0n) is 32.0. The van der Waals surface area contributed by atoms with Crippen molar-refractivity contribution in [3.05, 3.63) is 97.1 Å². The van der Waals surface area contributed by atoms with Crippen LogP contribution in [-0.2, 0) is 32.7 Å². The number of esters is 2. The second-order valence-corrected chi connectivity index (χ2v) is 13.1. The molecule has 0 spiro atoms. The average Bonchev–Trinajstić information content (AvgIpc) is 3.74. The Morgan fingerprint density at radius 2 is 1.07 bits per heavy atom. The van der Waals surface area contributed by atoms with Crippen LogP contribution in [0.4, 0.5) is 0 Å². The third-order valence-corrected chi connectivity index (χ3v) is 9.13. The number of hydrogen-bond donors (Lipinski definition) is 0. The predicted octanol–water partition coefficient (Wildman–Crippen LogP) is 9.58. The Labute approximate surface area is 318 Å². The molecule has 0 amide bonds. The van der Waals surface area contributed by atoms with E-state index >= 15 is 0 Å². The molecule has 54 heavy (non-hydrogen) atoms. The number of unbranched alkanes of at least 4 members (excludes halogenated alkanes) is 4. The highest BCUT2D eigenvalue weighted by atomic mass is 16.5. The van der Waals surface area contributed by atoms with Crippen LogP contribution in [0.5, 0.6) is 11.5 Å². The van der Waals surface area contributed by atoms with Crippen LogP contribution in [0.3, 0.4) is 0 Å². The molecule has 0 radical (unpaired) electrons. The molecule has 6 aromatic rings. The van der Waals surface area contributed by atoms with Crippen LogP contribution >= 0.6 is 0 Å². The van der Waals surface area contributed by atoms with Gasteiger partial charge in [-0.2, -0.15) is 0 Å². The lowest BCUT2D eigenvalue weighted by Gasteiger charge is -2.09. The molecule has 0 unspecified atom stereocenters. The molecule has 6 rings (SSSR count). The van der Waals surface area contributed by atoms with Gasteiger partial charge in [0.05, 0.1) is 49.5 Å². The second kappa shape index (κ2) is 20.6. The van der Waals surface area contributed by atoms with Crippen LogP contribution in [0.15, 0.2) is 97.1 Å². The number of carbonyl (C=O) groups is 2. The van der Waals surface area contributed by atoms with Gasteiger partial charge in [-0.15, -0.1) is 0 Å². The summed E-state index contributed by atoms with van der Waals surface area (Å²) in [5, 5.41) is 0. The van der Waals surface area contributed by atoms with Crippen LogP contribution in [0.1, 0.15) is 64.7 Å². The van der Waals surface area contributed by atoms with Crippen molar-refractivity contribution in [3.8, 4) is 34.3 Å². The molecule has 2 heterocycles. The van der Waals surface area contributed by atoms with Crippen molar-refractivity contribution in [2.24, 2.45) is 7.05 Å². The minimum Gasteiger partial charge on any atom is -0.494 e. The van der Waals surface area contributed by atoms with Crippen molar-refractivity contribution in [2.75, 3.05) is 27.4 Å². The molecule has 0 saturated carbocycles. The molecule has 0 bridgehead atoms. The lowest BCUT2D eigenvalue weighted by Crippen LogP contribution is -2.02. The fourth-order valence-electron chi connectivity index (χ4n) is 6.24. The van der Waals surface area contributed by atoms with E-state index in [1.807, 2.05) is 73.8 Å². The summed E-state index contributed by atoms with van der Waals surface area (Å²) in [5.74, 6) is 3.34. The Bertz CT molecular complexity index is 2070. The fourth-order valence-corrected chi connectivity index (χ4v) is 6.24. The van der Waals surface area contributed by atoms with Crippen molar-refractivity contribution in [1.29, 1.82) is 0 Å². The van der Waals surface area contributed by atoms with Gasteiger partial charge in [-0.3, -0.25) is 9.59 Å². The van der Waals surface area contributed by atoms with Gasteiger partial charge in [-0.1, -0.05) is 67.6 Å². The number of ether oxygens (including phenoxy) is 4. The molecular weight excluding hydrogens is 681 g/mol. The Morgan fingerprint density at radius 1 is 0.593 bits per heavy atom. The monoisotopic (exact) mass is 732 g/mol. The standard InChI is InChI=1S/C23H28N2O3.C21H24N2O3/c1-3-15-25-21-17-19(28-16-9-5-8-12-22(26)27-2)13-14-20(21)24-23(25)18-10-6-4-7-11-18;1-23-19-15-17(26-14-8-4-7-11-20(24)25-2)12-13-18(19)22-21(23)16-9-5-3-6-10-16/h4,6-7,10-11,13-14,17H,3,5,8-9,12,15-16H2,1-2H3;3,5-6,9-10,12-13,15H,4,7-8,11,14H2,1-2H3. The smallest absolute Gasteiger partial charge is 0.305 e. The number of carbonyl (C=O) groups excluding carboxylic acids is 2. The lowest BCUT2D eigenvalue weighted by molar-refractivity contribution is -0.141. The Morgan fingerprint density at radius 3 is 1.59 bits per heavy atom. The molecule has 0 aliphatic heterocycles. The molecule has 0 atom stereocenters. The summed E-state index contributed by atoms with van der Waals surface area (Å²) >= 11 is 0. The van der Waals surface area contributed by atoms with E-state index in [1.165, 1.54) is 14.2 Å². The summed E-state index contributed by atoms with van der Waals surface area (Å²) in [7, 11) is 4.87. The Kier molecular flexibility index (Phi) is 15.1. The van der Waals surface area contributed by atoms with E-state index in [-0.39, 0.29) is 11.9 Å². The summed E-state index contributed by atoms with van der Waals surface area (Å²) in [5.41, 5.74) is 6.31. The van der Waals surface area contributed by atoms with Crippen molar-refractivity contribution >= 4 is 34.0 Å². The van der Waals surface area contributed by atoms with Crippen LogP contribution in [0.2, 0.25) is 0 Å². The fraction of sp³-hybridized carbons (Fsp3) is 0.364. The Balaban J connectivity index is 0.000000208. The number of aromatic nitrogens is 4. The van der Waals surface area contributed by atoms with E-state index in [0.29, 0.717) is 26.1 Å². The number of methoxy groups -OCH3 is 2. The van der Waals surface area contributed by atoms with Gasteiger partial charge < -0.3 is 28.1 Å². The molecule has 284 valence electrons. The average molecular weight is 733 g/mol. The first-order chi connectivity index (χ1) is 26.4. The predicted molar refractivity (Wildman–Crippen MR) is 214 cm³/mol. The van der Waals surface area contributed by atoms with E-state index in [1.54, 1.807) is 0 Å². The number of rotatable bonds is 18. The number of fused-ring (bicyclic) bond motifs is 2. The van der Waals surface area contributed by atoms with Gasteiger partial charge in [-0.25, -0.2) is 9.97 Å². The van der Waals surface area contributed by atoms with E-state index in [2.05, 4.69) is 55.9 Å². The molecular formula is C44H52N4O6. The van der Waals surface area contributed by atoms with Gasteiger partial charge in [0.15, 0.2) is 0 Å². The summed E-state index contributed by atoms with van der Waals surface area (Å²) in [4.78, 5) is 31.8. The normalized spacial score (nSPS) is 10.9. The molecule has 10 nitrogen and oxygen atoms in total. The molecule has 0 aliphatic rings. The van der Waals surface area contributed by atoms with Crippen LogP contribution in [0, 0.1) is 0 Å². The van der Waals surface area contributed by atoms with Gasteiger partial charge in [0, 0.05) is 49.7 Å². The molecule has 0 fully saturated rings. The zero-order valence-corrected chi connectivity index (χ0v) is 32.0. The van der Waals surface area contributed by atoms with Gasteiger partial charge >= 0.3 is 11.9 Å². The summed E-state index contributed by atoms with van der Waals surface area (Å²) in [6.45, 7) is 4.36. The number of hydrogen-bond acceptors (Lipinski definition) is 8. The van der Waals surface area contributed by atoms with Crippen molar-refractivity contribution < 1.29 is 28.5 Å². The highest BCUT2D eigenvalue weighted by molar-refractivity contribution is 5.83. The molecule has 0 aliphatic carbocycles. The molecule has 2 aromatic heterocycles. The zero-order chi connectivity index (χ0) is 38.1. The lowest BCUT2D eigenvalue weighted by atomic mass is 10.2. The maximum atomic E-state index is 11.1. The van der Waals surface area contributed by atoms with Crippen molar-refractivity contribution in [1.82, 2.24) is 19.1 Å². The first-order valence-corrected chi connectivity index (χ1v) is 18.9. The number of benzene rings is 4. The van der Waals surface area contributed by atoms with Gasteiger partial charge in [-0.05, 0) is 69.2 Å². The minimum absolute atomic E-state index is 0.148. The maximum Gasteiger partial charge on any atom is 0.305 e. The third-order valence-electron chi connectivity index (χ3n) is 9.13. The SMILES string of the molecule is CCCn1c(-c2ccccc2)nc2ccc(OCCCCCC(=O)OC)cc21.COC(=O)CCCCCOc1ccc2nc(-c3ccccc3)n(C)c2c1. The molecule has 4 aromatic carbocycles. The van der Waals surface area contributed by atoms with E-state index < -0.39 is 0 Å². The quantitative estimate of drug-likeness (QED) is 0.0636. The minimum atomic E-state index is -0.151. The van der Waals surface area contributed by atoms with E-state index in [4.69, 9.17) is 19.4 Å². The van der Waals surface area contributed by atoms with Crippen LogP contribution in [0.25, 0.3) is 44.8 Å². The number of aryl methyl sites for hydroxylation is 2. The number of imidazole rings is 2. The summed E-state index contributed by atoms with van der Waals surface area (Å²) in [6.07, 6.45) is 7.37. The first kappa shape index (κ1) is 39.6. The highest BCUT2D eigenvalue weighted by Crippen LogP contribution is 2.29. The number of nitrogens with zero attached hydrogens (tertiary/aromatic N) is 4. The summed E-state index contributed by atoms with van der Waals surface area (Å²) < 4.78 is 25.4. The van der Waals surface area contributed by atoms with Crippen molar-refractivity contribution in [2.45, 2.75) is 71.3 Å². The second-order valence-electron chi connectivity index (χ2n) is 13.1. The van der Waals surface area contributed by atoms with Gasteiger partial charge in [0.2, 0.25) is 0 Å². The van der Waals surface area contributed by atoms with Crippen LogP contribution in [-0.4, -0.2) is 58.5 Å². The first-order valence-electron chi connectivity index (χ1n) is 18.9. The topological polar surface area (TPSA) is 107 Å². The van der Waals surface area contributed by atoms with Gasteiger partial charge in [0.25, 0.3) is 0 Å². The Hall–Kier alpha value is -5.64. The molecule has 10 heteroatoms. The van der Waals surface area contributed by atoms with Crippen molar-refractivity contribution in [3.63, 3.8) is 0 Å². The third kappa shape index (κ3) is 10.9. The summed E-state index contributed by atoms with van der Waals surface area (Å²) in [6, 6.07) is 32.5. The van der Waals surface area contributed by atoms with Crippen LogP contribution < -0.4 is 9.47 Å². The van der Waals surface area contributed by atoms with E-state index in [9.17, 15) is 9.59 Å². The van der Waals surface area contributed by atoms with E-state index in [0.717, 1.165) is 108 Å². The van der Waals surface area contributed by atoms with Gasteiger partial charge in [0.1, 0.15) is 23.1 Å².